The standard InChI is InChI=1S/C12H21N/c1-2-3-8-13-9-11-6-4-5-7-12(11)10-13/h4-5,11-12H,2-3,6-10H2,1H3/t11-,12+. The Kier molecular flexibility index (Phi) is 3.05. The van der Waals surface area contributed by atoms with Gasteiger partial charge in [-0.3, -0.25) is 0 Å². The quantitative estimate of drug-likeness (QED) is 0.602. The number of hydrogen-bond acceptors (Lipinski definition) is 1. The van der Waals surface area contributed by atoms with Crippen molar-refractivity contribution in [3.05, 3.63) is 12.2 Å². The van der Waals surface area contributed by atoms with Crippen LogP contribution in [0.4, 0.5) is 0 Å². The first-order valence-corrected chi connectivity index (χ1v) is 5.77. The third-order valence-corrected chi connectivity index (χ3v) is 3.52. The molecule has 0 radical (unpaired) electrons. The Bertz CT molecular complexity index is 170. The van der Waals surface area contributed by atoms with Gasteiger partial charge in [-0.2, -0.15) is 0 Å². The highest BCUT2D eigenvalue weighted by atomic mass is 15.1. The van der Waals surface area contributed by atoms with Crippen molar-refractivity contribution in [1.82, 2.24) is 4.90 Å². The molecule has 13 heavy (non-hydrogen) atoms. The third kappa shape index (κ3) is 2.14. The Morgan fingerprint density at radius 2 is 1.77 bits per heavy atom. The Morgan fingerprint density at radius 3 is 2.31 bits per heavy atom. The smallest absolute Gasteiger partial charge is 0.00160 e. The average Bonchev–Trinajstić information content (AvgIpc) is 2.57. The summed E-state index contributed by atoms with van der Waals surface area (Å²) in [6.45, 7) is 6.36. The lowest BCUT2D eigenvalue weighted by molar-refractivity contribution is 0.316. The van der Waals surface area contributed by atoms with Crippen LogP contribution < -0.4 is 0 Å². The van der Waals surface area contributed by atoms with E-state index in [0.29, 0.717) is 0 Å². The number of unbranched alkanes of at least 4 members (excludes halogenated alkanes) is 1. The van der Waals surface area contributed by atoms with Crippen molar-refractivity contribution >= 4 is 0 Å². The molecule has 0 bridgehead atoms. The van der Waals surface area contributed by atoms with Gasteiger partial charge in [0.05, 0.1) is 0 Å². The molecule has 1 saturated heterocycles. The molecule has 0 aromatic rings. The van der Waals surface area contributed by atoms with Crippen LogP contribution in [0.1, 0.15) is 32.6 Å². The fourth-order valence-corrected chi connectivity index (χ4v) is 2.68. The van der Waals surface area contributed by atoms with Crippen LogP contribution >= 0.6 is 0 Å². The molecule has 1 nitrogen and oxygen atoms in total. The van der Waals surface area contributed by atoms with E-state index in [4.69, 9.17) is 0 Å². The molecular weight excluding hydrogens is 158 g/mol. The molecule has 0 saturated carbocycles. The summed E-state index contributed by atoms with van der Waals surface area (Å²) >= 11 is 0. The van der Waals surface area contributed by atoms with Crippen LogP contribution in [0.2, 0.25) is 0 Å². The molecule has 0 N–H and O–H groups in total. The molecule has 0 amide bonds. The van der Waals surface area contributed by atoms with Gasteiger partial charge in [-0.25, -0.2) is 0 Å². The average molecular weight is 179 g/mol. The van der Waals surface area contributed by atoms with Crippen LogP contribution in [0.25, 0.3) is 0 Å². The van der Waals surface area contributed by atoms with E-state index in [1.807, 2.05) is 0 Å². The van der Waals surface area contributed by atoms with Crippen LogP contribution in [-0.4, -0.2) is 24.5 Å². The lowest BCUT2D eigenvalue weighted by Crippen LogP contribution is -2.21. The summed E-state index contributed by atoms with van der Waals surface area (Å²) in [6, 6.07) is 0. The van der Waals surface area contributed by atoms with Gasteiger partial charge < -0.3 is 4.90 Å². The van der Waals surface area contributed by atoms with Gasteiger partial charge in [-0.05, 0) is 37.6 Å². The number of nitrogens with zero attached hydrogens (tertiary/aromatic N) is 1. The lowest BCUT2D eigenvalue weighted by atomic mass is 9.86. The van der Waals surface area contributed by atoms with Gasteiger partial charge in [-0.15, -0.1) is 0 Å². The number of allylic oxidation sites excluding steroid dienone is 2. The van der Waals surface area contributed by atoms with Crippen LogP contribution in [0.15, 0.2) is 12.2 Å². The minimum atomic E-state index is 0.988. The van der Waals surface area contributed by atoms with Crippen molar-refractivity contribution in [2.45, 2.75) is 32.6 Å². The van der Waals surface area contributed by atoms with E-state index in [0.717, 1.165) is 11.8 Å². The van der Waals surface area contributed by atoms with Crippen molar-refractivity contribution < 1.29 is 0 Å². The van der Waals surface area contributed by atoms with E-state index in [9.17, 15) is 0 Å². The highest BCUT2D eigenvalue weighted by Gasteiger charge is 2.31. The fraction of sp³-hybridized carbons (Fsp3) is 0.833. The second-order valence-electron chi connectivity index (χ2n) is 4.58. The van der Waals surface area contributed by atoms with Gasteiger partial charge in [0, 0.05) is 13.1 Å². The fourth-order valence-electron chi connectivity index (χ4n) is 2.68. The topological polar surface area (TPSA) is 3.24 Å². The molecule has 0 aromatic carbocycles. The molecule has 0 aromatic heterocycles. The molecule has 0 unspecified atom stereocenters. The molecule has 1 heteroatoms. The monoisotopic (exact) mass is 179 g/mol. The second-order valence-corrected chi connectivity index (χ2v) is 4.58. The van der Waals surface area contributed by atoms with Crippen LogP contribution in [0, 0.1) is 11.8 Å². The molecular formula is C12H21N. The summed E-state index contributed by atoms with van der Waals surface area (Å²) in [5.41, 5.74) is 0. The van der Waals surface area contributed by atoms with Crippen molar-refractivity contribution in [3.63, 3.8) is 0 Å². The molecule has 2 rings (SSSR count). The van der Waals surface area contributed by atoms with E-state index in [-0.39, 0.29) is 0 Å². The van der Waals surface area contributed by atoms with Crippen LogP contribution in [-0.2, 0) is 0 Å². The summed E-state index contributed by atoms with van der Waals surface area (Å²) in [5.74, 6) is 1.98. The Morgan fingerprint density at radius 1 is 1.15 bits per heavy atom. The minimum absolute atomic E-state index is 0.988. The molecule has 74 valence electrons. The largest absolute Gasteiger partial charge is 0.303 e. The maximum absolute atomic E-state index is 2.67. The minimum Gasteiger partial charge on any atom is -0.303 e. The van der Waals surface area contributed by atoms with E-state index >= 15 is 0 Å². The van der Waals surface area contributed by atoms with Crippen molar-refractivity contribution in [3.8, 4) is 0 Å². The van der Waals surface area contributed by atoms with Crippen LogP contribution in [0.3, 0.4) is 0 Å². The predicted molar refractivity (Wildman–Crippen MR) is 56.7 cm³/mol. The summed E-state index contributed by atoms with van der Waals surface area (Å²) in [6.07, 6.45) is 10.2. The number of fused-ring (bicyclic) bond motifs is 1. The number of rotatable bonds is 3. The summed E-state index contributed by atoms with van der Waals surface area (Å²) in [7, 11) is 0. The Balaban J connectivity index is 1.80. The normalized spacial score (nSPS) is 33.6. The zero-order valence-electron chi connectivity index (χ0n) is 8.71. The van der Waals surface area contributed by atoms with E-state index in [1.54, 1.807) is 0 Å². The summed E-state index contributed by atoms with van der Waals surface area (Å²) in [5, 5.41) is 0. The molecule has 1 aliphatic carbocycles. The zero-order chi connectivity index (χ0) is 9.10. The van der Waals surface area contributed by atoms with Gasteiger partial charge >= 0.3 is 0 Å². The first-order valence-electron chi connectivity index (χ1n) is 5.77. The first-order chi connectivity index (χ1) is 6.40. The SMILES string of the molecule is CCCCN1C[C@H]2CC=CC[C@H]2C1. The molecule has 1 heterocycles. The van der Waals surface area contributed by atoms with Crippen LogP contribution in [0.5, 0.6) is 0 Å². The number of hydrogen-bond donors (Lipinski definition) is 0. The van der Waals surface area contributed by atoms with E-state index in [1.165, 1.54) is 45.3 Å². The molecule has 0 spiro atoms. The first kappa shape index (κ1) is 9.26. The maximum atomic E-state index is 2.67. The molecule has 1 aliphatic heterocycles. The van der Waals surface area contributed by atoms with E-state index < -0.39 is 0 Å². The Hall–Kier alpha value is -0.300. The van der Waals surface area contributed by atoms with Gasteiger partial charge in [0.15, 0.2) is 0 Å². The molecule has 2 aliphatic rings. The highest BCUT2D eigenvalue weighted by molar-refractivity contribution is 4.99. The second kappa shape index (κ2) is 4.28. The third-order valence-electron chi connectivity index (χ3n) is 3.52. The predicted octanol–water partition coefficient (Wildman–Crippen LogP) is 2.68. The molecule has 1 fully saturated rings. The highest BCUT2D eigenvalue weighted by Crippen LogP contribution is 2.32. The number of likely N-dealkylation sites (tertiary alicyclic amines) is 1. The lowest BCUT2D eigenvalue weighted by Gasteiger charge is -2.18. The van der Waals surface area contributed by atoms with Gasteiger partial charge in [-0.1, -0.05) is 25.5 Å². The van der Waals surface area contributed by atoms with Gasteiger partial charge in [0.2, 0.25) is 0 Å². The van der Waals surface area contributed by atoms with E-state index in [2.05, 4.69) is 24.0 Å². The maximum Gasteiger partial charge on any atom is 0.00160 e. The summed E-state index contributed by atoms with van der Waals surface area (Å²) < 4.78 is 0. The van der Waals surface area contributed by atoms with Gasteiger partial charge in [0.25, 0.3) is 0 Å². The van der Waals surface area contributed by atoms with Crippen molar-refractivity contribution in [2.75, 3.05) is 19.6 Å². The van der Waals surface area contributed by atoms with Crippen molar-refractivity contribution in [1.29, 1.82) is 0 Å². The summed E-state index contributed by atoms with van der Waals surface area (Å²) in [4.78, 5) is 2.67. The zero-order valence-corrected chi connectivity index (χ0v) is 8.71. The van der Waals surface area contributed by atoms with Crippen molar-refractivity contribution in [2.24, 2.45) is 11.8 Å². The molecule has 2 atom stereocenters. The van der Waals surface area contributed by atoms with Gasteiger partial charge in [0.1, 0.15) is 0 Å². The Labute approximate surface area is 81.8 Å².